The molecule has 0 bridgehead atoms. The van der Waals surface area contributed by atoms with Gasteiger partial charge in [-0.25, -0.2) is 4.39 Å². The van der Waals surface area contributed by atoms with Crippen LogP contribution >= 0.6 is 0 Å². The van der Waals surface area contributed by atoms with Gasteiger partial charge in [-0.1, -0.05) is 19.4 Å². The molecule has 1 aliphatic heterocycles. The first-order chi connectivity index (χ1) is 9.70. The van der Waals surface area contributed by atoms with E-state index in [1.807, 2.05) is 6.92 Å². The Bertz CT molecular complexity index is 620. The zero-order valence-corrected chi connectivity index (χ0v) is 11.9. The average Bonchev–Trinajstić information content (AvgIpc) is 2.87. The molecular weight excluding hydrogens is 255 g/mol. The van der Waals surface area contributed by atoms with E-state index in [0.717, 1.165) is 48.7 Å². The molecule has 2 heterocycles. The van der Waals surface area contributed by atoms with Crippen molar-refractivity contribution < 1.29 is 4.39 Å². The van der Waals surface area contributed by atoms with Crippen molar-refractivity contribution in [3.05, 3.63) is 35.4 Å². The van der Waals surface area contributed by atoms with Crippen LogP contribution in [0.1, 0.15) is 37.2 Å². The number of hydrogen-bond donors (Lipinski definition) is 1. The minimum Gasteiger partial charge on any atom is -0.308 e. The van der Waals surface area contributed by atoms with Gasteiger partial charge in [-0.15, -0.1) is 10.2 Å². The van der Waals surface area contributed by atoms with Crippen molar-refractivity contribution in [1.29, 1.82) is 0 Å². The molecule has 1 aliphatic rings. The maximum absolute atomic E-state index is 13.5. The number of aryl methyl sites for hydroxylation is 1. The summed E-state index contributed by atoms with van der Waals surface area (Å²) >= 11 is 0. The van der Waals surface area contributed by atoms with Crippen LogP contribution in [-0.2, 0) is 6.54 Å². The molecule has 2 aromatic rings. The summed E-state index contributed by atoms with van der Waals surface area (Å²) in [5, 5.41) is 12.1. The third-order valence-corrected chi connectivity index (χ3v) is 3.84. The number of halogens is 1. The molecular formula is C15H19FN4. The monoisotopic (exact) mass is 274 g/mol. The van der Waals surface area contributed by atoms with E-state index in [2.05, 4.69) is 27.0 Å². The molecule has 1 aromatic heterocycles. The van der Waals surface area contributed by atoms with Crippen LogP contribution in [0.5, 0.6) is 0 Å². The van der Waals surface area contributed by atoms with Gasteiger partial charge in [0.2, 0.25) is 0 Å². The van der Waals surface area contributed by atoms with Gasteiger partial charge < -0.3 is 9.88 Å². The highest BCUT2D eigenvalue weighted by Gasteiger charge is 2.25. The third kappa shape index (κ3) is 2.22. The fourth-order valence-corrected chi connectivity index (χ4v) is 2.79. The van der Waals surface area contributed by atoms with Gasteiger partial charge in [-0.2, -0.15) is 0 Å². The molecule has 1 atom stereocenters. The van der Waals surface area contributed by atoms with Crippen molar-refractivity contribution in [2.75, 3.05) is 6.54 Å². The van der Waals surface area contributed by atoms with Crippen molar-refractivity contribution in [3.8, 4) is 11.4 Å². The zero-order chi connectivity index (χ0) is 14.1. The van der Waals surface area contributed by atoms with E-state index in [1.54, 1.807) is 12.1 Å². The number of nitrogens with zero attached hydrogens (tertiary/aromatic N) is 3. The number of rotatable bonds is 3. The van der Waals surface area contributed by atoms with Gasteiger partial charge >= 0.3 is 0 Å². The fraction of sp³-hybridized carbons (Fsp3) is 0.467. The van der Waals surface area contributed by atoms with Gasteiger partial charge in [0.25, 0.3) is 0 Å². The molecule has 0 fully saturated rings. The molecule has 106 valence electrons. The van der Waals surface area contributed by atoms with E-state index in [-0.39, 0.29) is 11.9 Å². The van der Waals surface area contributed by atoms with Crippen LogP contribution in [0.4, 0.5) is 4.39 Å². The number of hydrogen-bond acceptors (Lipinski definition) is 3. The average molecular weight is 274 g/mol. The number of fused-ring (bicyclic) bond motifs is 1. The lowest BCUT2D eigenvalue weighted by molar-refractivity contribution is 0.394. The quantitative estimate of drug-likeness (QED) is 0.936. The first-order valence-corrected chi connectivity index (χ1v) is 7.13. The minimum atomic E-state index is -0.234. The number of benzene rings is 1. The van der Waals surface area contributed by atoms with Crippen LogP contribution in [0.3, 0.4) is 0 Å². The van der Waals surface area contributed by atoms with Crippen molar-refractivity contribution in [3.63, 3.8) is 0 Å². The lowest BCUT2D eigenvalue weighted by Gasteiger charge is -2.25. The Labute approximate surface area is 118 Å². The van der Waals surface area contributed by atoms with Gasteiger partial charge in [0.15, 0.2) is 11.6 Å². The summed E-state index contributed by atoms with van der Waals surface area (Å²) in [4.78, 5) is 0. The summed E-state index contributed by atoms with van der Waals surface area (Å²) in [6.07, 6.45) is 2.14. The molecule has 0 amide bonds. The minimum absolute atomic E-state index is 0.234. The summed E-state index contributed by atoms with van der Waals surface area (Å²) in [6.45, 7) is 5.86. The molecule has 1 aromatic carbocycles. The van der Waals surface area contributed by atoms with Gasteiger partial charge in [0, 0.05) is 18.7 Å². The van der Waals surface area contributed by atoms with Crippen molar-refractivity contribution in [2.45, 2.75) is 39.3 Å². The lowest BCUT2D eigenvalue weighted by atomic mass is 10.1. The second-order valence-corrected chi connectivity index (χ2v) is 5.29. The molecule has 0 radical (unpaired) electrons. The molecule has 1 N–H and O–H groups in total. The third-order valence-electron chi connectivity index (χ3n) is 3.84. The van der Waals surface area contributed by atoms with E-state index in [9.17, 15) is 4.39 Å². The lowest BCUT2D eigenvalue weighted by Crippen LogP contribution is -2.33. The molecule has 4 nitrogen and oxygen atoms in total. The Balaban J connectivity index is 2.06. The largest absolute Gasteiger partial charge is 0.308 e. The van der Waals surface area contributed by atoms with Crippen molar-refractivity contribution in [2.24, 2.45) is 0 Å². The van der Waals surface area contributed by atoms with Gasteiger partial charge in [0.1, 0.15) is 5.82 Å². The topological polar surface area (TPSA) is 42.7 Å². The van der Waals surface area contributed by atoms with Gasteiger partial charge in [-0.05, 0) is 31.0 Å². The fourth-order valence-electron chi connectivity index (χ4n) is 2.79. The highest BCUT2D eigenvalue weighted by molar-refractivity contribution is 5.60. The highest BCUT2D eigenvalue weighted by Crippen LogP contribution is 2.28. The summed E-state index contributed by atoms with van der Waals surface area (Å²) in [5.74, 6) is 1.51. The summed E-state index contributed by atoms with van der Waals surface area (Å²) < 4.78 is 15.6. The first-order valence-electron chi connectivity index (χ1n) is 7.13. The van der Waals surface area contributed by atoms with E-state index < -0.39 is 0 Å². The zero-order valence-electron chi connectivity index (χ0n) is 11.9. The summed E-state index contributed by atoms with van der Waals surface area (Å²) in [6, 6.07) is 5.07. The van der Waals surface area contributed by atoms with Crippen LogP contribution < -0.4 is 5.32 Å². The predicted octanol–water partition coefficient (Wildman–Crippen LogP) is 2.84. The Morgan fingerprint density at radius 1 is 1.40 bits per heavy atom. The Morgan fingerprint density at radius 2 is 2.25 bits per heavy atom. The van der Waals surface area contributed by atoms with Crippen LogP contribution in [-0.4, -0.2) is 21.3 Å². The predicted molar refractivity (Wildman–Crippen MR) is 75.8 cm³/mol. The molecule has 3 rings (SSSR count). The van der Waals surface area contributed by atoms with E-state index in [0.29, 0.717) is 0 Å². The molecule has 20 heavy (non-hydrogen) atoms. The summed E-state index contributed by atoms with van der Waals surface area (Å²) in [5.41, 5.74) is 1.85. The van der Waals surface area contributed by atoms with Gasteiger partial charge in [0.05, 0.1) is 6.04 Å². The maximum Gasteiger partial charge on any atom is 0.164 e. The van der Waals surface area contributed by atoms with E-state index in [4.69, 9.17) is 0 Å². The maximum atomic E-state index is 13.5. The standard InChI is InChI=1S/C15H19FN4/c1-3-4-13-15-19-18-14(20(15)8-7-17-13)12-9-11(16)6-5-10(12)2/h5-6,9,13,17H,3-4,7-8H2,1-2H3. The van der Waals surface area contributed by atoms with Crippen molar-refractivity contribution in [1.82, 2.24) is 20.1 Å². The molecule has 1 unspecified atom stereocenters. The summed E-state index contributed by atoms with van der Waals surface area (Å²) in [7, 11) is 0. The first kappa shape index (κ1) is 13.2. The molecule has 5 heteroatoms. The second kappa shape index (κ2) is 5.32. The SMILES string of the molecule is CCCC1NCCn2c(-c3cc(F)ccc3C)nnc21. The van der Waals surface area contributed by atoms with Gasteiger partial charge in [-0.3, -0.25) is 0 Å². The van der Waals surface area contributed by atoms with Crippen LogP contribution in [0, 0.1) is 12.7 Å². The van der Waals surface area contributed by atoms with Crippen molar-refractivity contribution >= 4 is 0 Å². The number of aromatic nitrogens is 3. The molecule has 0 aliphatic carbocycles. The smallest absolute Gasteiger partial charge is 0.164 e. The van der Waals surface area contributed by atoms with Crippen LogP contribution in [0.2, 0.25) is 0 Å². The van der Waals surface area contributed by atoms with Crippen LogP contribution in [0.25, 0.3) is 11.4 Å². The second-order valence-electron chi connectivity index (χ2n) is 5.29. The van der Waals surface area contributed by atoms with E-state index >= 15 is 0 Å². The highest BCUT2D eigenvalue weighted by atomic mass is 19.1. The Hall–Kier alpha value is -1.75. The Morgan fingerprint density at radius 3 is 3.05 bits per heavy atom. The normalized spacial score (nSPS) is 18.1. The molecule has 0 spiro atoms. The van der Waals surface area contributed by atoms with E-state index in [1.165, 1.54) is 6.07 Å². The molecule has 0 saturated heterocycles. The number of nitrogens with one attached hydrogen (secondary N) is 1. The van der Waals surface area contributed by atoms with Crippen LogP contribution in [0.15, 0.2) is 18.2 Å². The Kier molecular flexibility index (Phi) is 3.53. The molecule has 0 saturated carbocycles.